The largest absolute Gasteiger partial charge is 0.461 e. The van der Waals surface area contributed by atoms with Crippen LogP contribution in [-0.4, -0.2) is 30.7 Å². The van der Waals surface area contributed by atoms with E-state index in [0.29, 0.717) is 6.42 Å². The second-order valence-corrected chi connectivity index (χ2v) is 3.11. The van der Waals surface area contributed by atoms with Gasteiger partial charge in [-0.25, -0.2) is 0 Å². The van der Waals surface area contributed by atoms with Gasteiger partial charge in [-0.15, -0.1) is 11.6 Å². The first-order valence-electron chi connectivity index (χ1n) is 3.49. The molecule has 0 spiro atoms. The van der Waals surface area contributed by atoms with Crippen LogP contribution in [0, 0.1) is 0 Å². The lowest BCUT2D eigenvalue weighted by atomic mass is 9.91. The standard InChI is InChI=1S/C7H11ClO3/c1-4(9)11-6-3-5(10-2)7(6)8/h5-7H,3H2,1-2H3. The van der Waals surface area contributed by atoms with E-state index in [1.807, 2.05) is 0 Å². The van der Waals surface area contributed by atoms with Crippen molar-refractivity contribution < 1.29 is 14.3 Å². The number of carbonyl (C=O) groups is 1. The molecule has 3 atom stereocenters. The number of rotatable bonds is 2. The van der Waals surface area contributed by atoms with Gasteiger partial charge in [0.05, 0.1) is 11.5 Å². The minimum absolute atomic E-state index is 0.0426. The fourth-order valence-electron chi connectivity index (χ4n) is 1.09. The van der Waals surface area contributed by atoms with Crippen molar-refractivity contribution >= 4 is 17.6 Å². The lowest BCUT2D eigenvalue weighted by Gasteiger charge is -2.38. The van der Waals surface area contributed by atoms with Crippen LogP contribution in [-0.2, 0) is 14.3 Å². The van der Waals surface area contributed by atoms with Crippen molar-refractivity contribution in [2.45, 2.75) is 30.9 Å². The second-order valence-electron chi connectivity index (χ2n) is 2.60. The molecule has 11 heavy (non-hydrogen) atoms. The maximum atomic E-state index is 10.5. The minimum atomic E-state index is -0.282. The second kappa shape index (κ2) is 3.41. The van der Waals surface area contributed by atoms with Crippen LogP contribution in [0.1, 0.15) is 13.3 Å². The van der Waals surface area contributed by atoms with Crippen molar-refractivity contribution in [1.29, 1.82) is 0 Å². The van der Waals surface area contributed by atoms with Gasteiger partial charge in [-0.2, -0.15) is 0 Å². The molecule has 0 radical (unpaired) electrons. The van der Waals surface area contributed by atoms with E-state index in [1.54, 1.807) is 7.11 Å². The smallest absolute Gasteiger partial charge is 0.302 e. The van der Waals surface area contributed by atoms with Crippen LogP contribution in [0.25, 0.3) is 0 Å². The Labute approximate surface area is 70.6 Å². The van der Waals surface area contributed by atoms with Crippen LogP contribution >= 0.6 is 11.6 Å². The summed E-state index contributed by atoms with van der Waals surface area (Å²) >= 11 is 5.82. The molecule has 1 rings (SSSR count). The van der Waals surface area contributed by atoms with Crippen molar-refractivity contribution in [3.63, 3.8) is 0 Å². The molecule has 0 aromatic carbocycles. The van der Waals surface area contributed by atoms with Gasteiger partial charge >= 0.3 is 5.97 Å². The Hall–Kier alpha value is -0.280. The lowest BCUT2D eigenvalue weighted by molar-refractivity contribution is -0.156. The van der Waals surface area contributed by atoms with Gasteiger partial charge < -0.3 is 9.47 Å². The molecule has 3 unspecified atom stereocenters. The number of carbonyl (C=O) groups excluding carboxylic acids is 1. The van der Waals surface area contributed by atoms with Crippen LogP contribution in [0.15, 0.2) is 0 Å². The van der Waals surface area contributed by atoms with E-state index in [0.717, 1.165) is 0 Å². The molecule has 0 N–H and O–H groups in total. The Balaban J connectivity index is 2.27. The SMILES string of the molecule is COC1CC(OC(C)=O)C1Cl. The van der Waals surface area contributed by atoms with Gasteiger partial charge in [0.1, 0.15) is 6.10 Å². The van der Waals surface area contributed by atoms with Gasteiger partial charge in [0.2, 0.25) is 0 Å². The van der Waals surface area contributed by atoms with Gasteiger partial charge in [-0.1, -0.05) is 0 Å². The number of esters is 1. The summed E-state index contributed by atoms with van der Waals surface area (Å²) in [5.41, 5.74) is 0. The van der Waals surface area contributed by atoms with Crippen molar-refractivity contribution in [2.24, 2.45) is 0 Å². The van der Waals surface area contributed by atoms with E-state index in [4.69, 9.17) is 21.1 Å². The summed E-state index contributed by atoms with van der Waals surface area (Å²) in [6.45, 7) is 1.38. The average molecular weight is 179 g/mol. The highest BCUT2D eigenvalue weighted by molar-refractivity contribution is 6.22. The number of ether oxygens (including phenoxy) is 2. The van der Waals surface area contributed by atoms with E-state index in [-0.39, 0.29) is 23.6 Å². The summed E-state index contributed by atoms with van der Waals surface area (Å²) in [7, 11) is 1.60. The summed E-state index contributed by atoms with van der Waals surface area (Å²) in [6, 6.07) is 0. The predicted octanol–water partition coefficient (Wildman–Crippen LogP) is 0.944. The average Bonchev–Trinajstić information content (AvgIpc) is 1.96. The van der Waals surface area contributed by atoms with Gasteiger partial charge in [0.15, 0.2) is 0 Å². The minimum Gasteiger partial charge on any atom is -0.461 e. The fourth-order valence-corrected chi connectivity index (χ4v) is 1.45. The third-order valence-electron chi connectivity index (χ3n) is 1.80. The van der Waals surface area contributed by atoms with Crippen LogP contribution in [0.3, 0.4) is 0 Å². The quantitative estimate of drug-likeness (QED) is 0.467. The number of methoxy groups -OCH3 is 1. The van der Waals surface area contributed by atoms with Crippen molar-refractivity contribution in [1.82, 2.24) is 0 Å². The Kier molecular flexibility index (Phi) is 2.73. The Morgan fingerprint density at radius 1 is 1.55 bits per heavy atom. The van der Waals surface area contributed by atoms with E-state index in [2.05, 4.69) is 0 Å². The number of hydrogen-bond acceptors (Lipinski definition) is 3. The third kappa shape index (κ3) is 1.84. The summed E-state index contributed by atoms with van der Waals surface area (Å²) in [5.74, 6) is -0.282. The Morgan fingerprint density at radius 2 is 2.18 bits per heavy atom. The summed E-state index contributed by atoms with van der Waals surface area (Å²) in [4.78, 5) is 10.5. The molecule has 1 fully saturated rings. The van der Waals surface area contributed by atoms with E-state index >= 15 is 0 Å². The first-order chi connectivity index (χ1) is 5.15. The molecule has 4 heteroatoms. The zero-order chi connectivity index (χ0) is 8.43. The van der Waals surface area contributed by atoms with Crippen LogP contribution < -0.4 is 0 Å². The number of halogens is 1. The molecular weight excluding hydrogens is 168 g/mol. The monoisotopic (exact) mass is 178 g/mol. The Bertz CT molecular complexity index is 160. The predicted molar refractivity (Wildman–Crippen MR) is 40.6 cm³/mol. The van der Waals surface area contributed by atoms with Gasteiger partial charge in [-0.3, -0.25) is 4.79 Å². The Morgan fingerprint density at radius 3 is 2.55 bits per heavy atom. The molecule has 1 saturated carbocycles. The molecule has 0 aliphatic heterocycles. The van der Waals surface area contributed by atoms with E-state index in [9.17, 15) is 4.79 Å². The molecular formula is C7H11ClO3. The molecule has 0 amide bonds. The zero-order valence-corrected chi connectivity index (χ0v) is 7.30. The molecule has 0 aromatic rings. The molecule has 0 aromatic heterocycles. The lowest BCUT2D eigenvalue weighted by Crippen LogP contribution is -2.50. The van der Waals surface area contributed by atoms with Gasteiger partial charge in [0, 0.05) is 20.5 Å². The number of hydrogen-bond donors (Lipinski definition) is 0. The highest BCUT2D eigenvalue weighted by Gasteiger charge is 2.42. The van der Waals surface area contributed by atoms with Gasteiger partial charge in [0.25, 0.3) is 0 Å². The molecule has 0 heterocycles. The summed E-state index contributed by atoms with van der Waals surface area (Å²) in [5, 5.41) is -0.177. The summed E-state index contributed by atoms with van der Waals surface area (Å²) < 4.78 is 9.87. The molecule has 0 bridgehead atoms. The molecule has 64 valence electrons. The first kappa shape index (κ1) is 8.81. The topological polar surface area (TPSA) is 35.5 Å². The van der Waals surface area contributed by atoms with Crippen molar-refractivity contribution in [3.05, 3.63) is 0 Å². The van der Waals surface area contributed by atoms with Crippen LogP contribution in [0.4, 0.5) is 0 Å². The van der Waals surface area contributed by atoms with Crippen LogP contribution in [0.5, 0.6) is 0 Å². The maximum absolute atomic E-state index is 10.5. The molecule has 3 nitrogen and oxygen atoms in total. The third-order valence-corrected chi connectivity index (χ3v) is 2.36. The molecule has 1 aliphatic rings. The number of alkyl halides is 1. The van der Waals surface area contributed by atoms with Crippen LogP contribution in [0.2, 0.25) is 0 Å². The van der Waals surface area contributed by atoms with Gasteiger partial charge in [-0.05, 0) is 0 Å². The fraction of sp³-hybridized carbons (Fsp3) is 0.857. The van der Waals surface area contributed by atoms with Crippen molar-refractivity contribution in [3.8, 4) is 0 Å². The van der Waals surface area contributed by atoms with E-state index in [1.165, 1.54) is 6.92 Å². The highest BCUT2D eigenvalue weighted by Crippen LogP contribution is 2.31. The normalized spacial score (nSPS) is 36.1. The first-order valence-corrected chi connectivity index (χ1v) is 3.93. The van der Waals surface area contributed by atoms with E-state index < -0.39 is 0 Å². The summed E-state index contributed by atoms with van der Waals surface area (Å²) in [6.07, 6.45) is 0.602. The highest BCUT2D eigenvalue weighted by atomic mass is 35.5. The molecule has 0 saturated heterocycles. The van der Waals surface area contributed by atoms with Crippen molar-refractivity contribution in [2.75, 3.05) is 7.11 Å². The molecule has 1 aliphatic carbocycles. The zero-order valence-electron chi connectivity index (χ0n) is 6.54. The maximum Gasteiger partial charge on any atom is 0.302 e.